The van der Waals surface area contributed by atoms with Gasteiger partial charge in [-0.05, 0) is 37.8 Å². The third-order valence-corrected chi connectivity index (χ3v) is 5.50. The van der Waals surface area contributed by atoms with Crippen molar-refractivity contribution in [3.05, 3.63) is 29.3 Å². The topological polar surface area (TPSA) is 46.2 Å². The van der Waals surface area contributed by atoms with Crippen molar-refractivity contribution < 1.29 is 17.2 Å². The Balaban J connectivity index is 2.17. The molecule has 1 aromatic carbocycles. The van der Waals surface area contributed by atoms with Gasteiger partial charge in [-0.2, -0.15) is 0 Å². The summed E-state index contributed by atoms with van der Waals surface area (Å²) in [4.78, 5) is 0. The molecule has 0 heterocycles. The summed E-state index contributed by atoms with van der Waals surface area (Å²) in [5, 5.41) is 2.42. The molecule has 6 heteroatoms. The highest BCUT2D eigenvalue weighted by molar-refractivity contribution is 7.91. The van der Waals surface area contributed by atoms with E-state index in [1.165, 1.54) is 18.4 Å². The van der Waals surface area contributed by atoms with Crippen molar-refractivity contribution in [1.29, 1.82) is 0 Å². The van der Waals surface area contributed by atoms with Crippen LogP contribution in [-0.2, 0) is 9.84 Å². The summed E-state index contributed by atoms with van der Waals surface area (Å²) in [5.74, 6) is -1.25. The monoisotopic (exact) mass is 303 g/mol. The zero-order valence-corrected chi connectivity index (χ0v) is 12.4. The number of hydrogen-bond acceptors (Lipinski definition) is 3. The molecule has 0 bridgehead atoms. The average Bonchev–Trinajstić information content (AvgIpc) is 2.39. The highest BCUT2D eigenvalue weighted by atomic mass is 32.2. The Morgan fingerprint density at radius 1 is 1.25 bits per heavy atom. The summed E-state index contributed by atoms with van der Waals surface area (Å²) in [7, 11) is -3.11. The van der Waals surface area contributed by atoms with E-state index in [2.05, 4.69) is 5.32 Å². The van der Waals surface area contributed by atoms with Crippen LogP contribution in [0.3, 0.4) is 0 Å². The van der Waals surface area contributed by atoms with E-state index in [-0.39, 0.29) is 11.7 Å². The van der Waals surface area contributed by atoms with Crippen LogP contribution in [0.5, 0.6) is 0 Å². The molecule has 0 spiro atoms. The van der Waals surface area contributed by atoms with Crippen LogP contribution in [0.2, 0.25) is 0 Å². The van der Waals surface area contributed by atoms with E-state index < -0.39 is 26.7 Å². The van der Waals surface area contributed by atoms with Crippen LogP contribution in [0.4, 0.5) is 14.5 Å². The number of sulfone groups is 1. The lowest BCUT2D eigenvalue weighted by atomic mass is 9.94. The molecule has 1 aliphatic carbocycles. The van der Waals surface area contributed by atoms with Gasteiger partial charge in [0.05, 0.1) is 5.25 Å². The molecule has 0 saturated heterocycles. The molecule has 0 aliphatic heterocycles. The fourth-order valence-corrected chi connectivity index (χ4v) is 3.83. The molecular formula is C14H19F2NO2S. The van der Waals surface area contributed by atoms with Gasteiger partial charge in [-0.25, -0.2) is 17.2 Å². The second-order valence-electron chi connectivity index (χ2n) is 5.51. The molecule has 3 nitrogen and oxygen atoms in total. The molecule has 0 aromatic heterocycles. The Bertz CT molecular complexity index is 601. The van der Waals surface area contributed by atoms with Crippen molar-refractivity contribution in [3.63, 3.8) is 0 Å². The fourth-order valence-electron chi connectivity index (χ4n) is 2.66. The number of benzene rings is 1. The zero-order valence-electron chi connectivity index (χ0n) is 11.6. The van der Waals surface area contributed by atoms with Crippen molar-refractivity contribution in [2.45, 2.75) is 43.9 Å². The van der Waals surface area contributed by atoms with Gasteiger partial charge in [0.2, 0.25) is 0 Å². The van der Waals surface area contributed by atoms with Gasteiger partial charge in [0.1, 0.15) is 21.3 Å². The van der Waals surface area contributed by atoms with Crippen molar-refractivity contribution >= 4 is 15.5 Å². The average molecular weight is 303 g/mol. The van der Waals surface area contributed by atoms with Gasteiger partial charge in [-0.15, -0.1) is 0 Å². The SMILES string of the molecule is Cc1ccc(F)c(NC2CCCC(S(C)(=O)=O)C2)c1F. The Kier molecular flexibility index (Phi) is 4.32. The minimum atomic E-state index is -3.11. The summed E-state index contributed by atoms with van der Waals surface area (Å²) in [6.07, 6.45) is 3.69. The molecule has 1 N–H and O–H groups in total. The summed E-state index contributed by atoms with van der Waals surface area (Å²) in [5.41, 5.74) is 0.216. The summed E-state index contributed by atoms with van der Waals surface area (Å²) >= 11 is 0. The molecule has 1 fully saturated rings. The highest BCUT2D eigenvalue weighted by Gasteiger charge is 2.29. The largest absolute Gasteiger partial charge is 0.378 e. The van der Waals surface area contributed by atoms with Crippen LogP contribution in [0.25, 0.3) is 0 Å². The van der Waals surface area contributed by atoms with Crippen LogP contribution in [0, 0.1) is 18.6 Å². The minimum Gasteiger partial charge on any atom is -0.378 e. The first-order valence-electron chi connectivity index (χ1n) is 6.69. The van der Waals surface area contributed by atoms with E-state index >= 15 is 0 Å². The van der Waals surface area contributed by atoms with Crippen LogP contribution in [0.1, 0.15) is 31.2 Å². The molecule has 1 aromatic rings. The molecule has 2 unspecified atom stereocenters. The van der Waals surface area contributed by atoms with Crippen LogP contribution >= 0.6 is 0 Å². The first-order chi connectivity index (χ1) is 9.29. The normalized spacial score (nSPS) is 23.6. The van der Waals surface area contributed by atoms with Crippen LogP contribution < -0.4 is 5.32 Å². The van der Waals surface area contributed by atoms with Crippen LogP contribution in [0.15, 0.2) is 12.1 Å². The Labute approximate surface area is 118 Å². The van der Waals surface area contributed by atoms with Crippen molar-refractivity contribution in [3.8, 4) is 0 Å². The Hall–Kier alpha value is -1.17. The van der Waals surface area contributed by atoms with Crippen LogP contribution in [-0.4, -0.2) is 26.0 Å². The van der Waals surface area contributed by atoms with E-state index in [1.54, 1.807) is 6.92 Å². The first-order valence-corrected chi connectivity index (χ1v) is 8.64. The molecule has 1 aliphatic rings. The molecule has 2 atom stereocenters. The molecule has 1 saturated carbocycles. The van der Waals surface area contributed by atoms with Crippen molar-refractivity contribution in [2.24, 2.45) is 0 Å². The fraction of sp³-hybridized carbons (Fsp3) is 0.571. The first kappa shape index (κ1) is 15.2. The quantitative estimate of drug-likeness (QED) is 0.933. The smallest absolute Gasteiger partial charge is 0.152 e. The second kappa shape index (κ2) is 5.68. The van der Waals surface area contributed by atoms with Gasteiger partial charge >= 0.3 is 0 Å². The lowest BCUT2D eigenvalue weighted by molar-refractivity contribution is 0.449. The van der Waals surface area contributed by atoms with Gasteiger partial charge in [0.25, 0.3) is 0 Å². The molecule has 20 heavy (non-hydrogen) atoms. The van der Waals surface area contributed by atoms with E-state index in [0.717, 1.165) is 12.8 Å². The number of anilines is 1. The number of hydrogen-bond donors (Lipinski definition) is 1. The molecule has 2 rings (SSSR count). The molecule has 0 radical (unpaired) electrons. The van der Waals surface area contributed by atoms with Gasteiger partial charge < -0.3 is 5.32 Å². The van der Waals surface area contributed by atoms with E-state index in [1.807, 2.05) is 0 Å². The van der Waals surface area contributed by atoms with Gasteiger partial charge in [-0.1, -0.05) is 12.5 Å². The zero-order chi connectivity index (χ0) is 14.9. The molecule has 0 amide bonds. The van der Waals surface area contributed by atoms with Gasteiger partial charge in [-0.3, -0.25) is 0 Å². The second-order valence-corrected chi connectivity index (χ2v) is 7.84. The van der Waals surface area contributed by atoms with Gasteiger partial charge in [0.15, 0.2) is 5.82 Å². The third-order valence-electron chi connectivity index (χ3n) is 3.86. The lowest BCUT2D eigenvalue weighted by Gasteiger charge is -2.29. The minimum absolute atomic E-state index is 0.149. The third kappa shape index (κ3) is 3.29. The lowest BCUT2D eigenvalue weighted by Crippen LogP contribution is -2.34. The predicted molar refractivity (Wildman–Crippen MR) is 75.6 cm³/mol. The van der Waals surface area contributed by atoms with Gasteiger partial charge in [0, 0.05) is 12.3 Å². The summed E-state index contributed by atoms with van der Waals surface area (Å²) < 4.78 is 50.8. The molecular weight excluding hydrogens is 284 g/mol. The number of aryl methyl sites for hydroxylation is 1. The maximum Gasteiger partial charge on any atom is 0.152 e. The predicted octanol–water partition coefficient (Wildman–Crippen LogP) is 3.04. The number of halogens is 2. The van der Waals surface area contributed by atoms with E-state index in [9.17, 15) is 17.2 Å². The Morgan fingerprint density at radius 3 is 2.60 bits per heavy atom. The van der Waals surface area contributed by atoms with Crippen molar-refractivity contribution in [2.75, 3.05) is 11.6 Å². The maximum absolute atomic E-state index is 13.9. The summed E-state index contributed by atoms with van der Waals surface area (Å²) in [6.45, 7) is 1.57. The highest BCUT2D eigenvalue weighted by Crippen LogP contribution is 2.29. The Morgan fingerprint density at radius 2 is 1.95 bits per heavy atom. The van der Waals surface area contributed by atoms with E-state index in [0.29, 0.717) is 18.4 Å². The molecule has 112 valence electrons. The number of nitrogens with one attached hydrogen (secondary N) is 1. The van der Waals surface area contributed by atoms with E-state index in [4.69, 9.17) is 0 Å². The maximum atomic E-state index is 13.9. The number of rotatable bonds is 3. The standard InChI is InChI=1S/C14H19F2NO2S/c1-9-6-7-12(15)14(13(9)16)17-10-4-3-5-11(8-10)20(2,18)19/h6-7,10-11,17H,3-5,8H2,1-2H3. The summed E-state index contributed by atoms with van der Waals surface area (Å²) in [6, 6.07) is 2.39. The van der Waals surface area contributed by atoms with Crippen molar-refractivity contribution in [1.82, 2.24) is 0 Å².